The van der Waals surface area contributed by atoms with Crippen LogP contribution in [0.2, 0.25) is 0 Å². The minimum Gasteiger partial charge on any atom is -0.496 e. The second-order valence-electron chi connectivity index (χ2n) is 6.74. The van der Waals surface area contributed by atoms with Crippen molar-refractivity contribution < 1.29 is 14.5 Å². The van der Waals surface area contributed by atoms with E-state index in [0.29, 0.717) is 35.3 Å². The van der Waals surface area contributed by atoms with Crippen molar-refractivity contribution in [2.24, 2.45) is 0 Å². The van der Waals surface area contributed by atoms with Crippen LogP contribution in [0.25, 0.3) is 10.9 Å². The Morgan fingerprint density at radius 3 is 2.73 bits per heavy atom. The summed E-state index contributed by atoms with van der Waals surface area (Å²) in [7, 11) is 1.60. The van der Waals surface area contributed by atoms with Crippen LogP contribution in [0.15, 0.2) is 66.2 Å². The van der Waals surface area contributed by atoms with E-state index in [1.54, 1.807) is 35.6 Å². The first-order valence-electron chi connectivity index (χ1n) is 9.26. The van der Waals surface area contributed by atoms with Crippen LogP contribution in [0, 0.1) is 10.1 Å². The van der Waals surface area contributed by atoms with E-state index < -0.39 is 4.92 Å². The van der Waals surface area contributed by atoms with Gasteiger partial charge in [0, 0.05) is 39.7 Å². The topological polar surface area (TPSA) is 88.5 Å². The molecule has 0 aliphatic rings. The fraction of sp³-hybridized carbons (Fsp3) is 0.136. The third-order valence-corrected chi connectivity index (χ3v) is 5.74. The van der Waals surface area contributed by atoms with E-state index in [4.69, 9.17) is 4.74 Å². The molecule has 2 aromatic carbocycles. The molecule has 0 aliphatic heterocycles. The van der Waals surface area contributed by atoms with Crippen LogP contribution < -0.4 is 4.74 Å². The molecule has 0 fully saturated rings. The van der Waals surface area contributed by atoms with Gasteiger partial charge in [-0.1, -0.05) is 24.3 Å². The number of nitro groups is 1. The van der Waals surface area contributed by atoms with E-state index in [-0.39, 0.29) is 11.6 Å². The van der Waals surface area contributed by atoms with E-state index in [0.717, 1.165) is 10.4 Å². The average molecular weight is 421 g/mol. The quantitative estimate of drug-likeness (QED) is 0.336. The van der Waals surface area contributed by atoms with Crippen molar-refractivity contribution in [3.63, 3.8) is 0 Å². The number of rotatable bonds is 7. The Hall–Kier alpha value is -3.65. The van der Waals surface area contributed by atoms with Gasteiger partial charge in [-0.3, -0.25) is 14.9 Å². The van der Waals surface area contributed by atoms with Gasteiger partial charge in [-0.05, 0) is 23.6 Å². The molecule has 8 heteroatoms. The zero-order chi connectivity index (χ0) is 21.1. The Labute approximate surface area is 176 Å². The van der Waals surface area contributed by atoms with E-state index in [2.05, 4.69) is 4.98 Å². The largest absolute Gasteiger partial charge is 0.496 e. The molecule has 0 aliphatic carbocycles. The third kappa shape index (κ3) is 3.90. The van der Waals surface area contributed by atoms with Crippen molar-refractivity contribution in [3.8, 4) is 5.75 Å². The van der Waals surface area contributed by atoms with Crippen LogP contribution in [0.3, 0.4) is 0 Å². The summed E-state index contributed by atoms with van der Waals surface area (Å²) in [6, 6.07) is 16.0. The lowest BCUT2D eigenvalue weighted by Gasteiger charge is -2.23. The van der Waals surface area contributed by atoms with Crippen molar-refractivity contribution in [2.45, 2.75) is 13.1 Å². The van der Waals surface area contributed by atoms with Gasteiger partial charge in [0.15, 0.2) is 0 Å². The average Bonchev–Trinajstić information content (AvgIpc) is 3.42. The molecule has 1 N–H and O–H groups in total. The predicted octanol–water partition coefficient (Wildman–Crippen LogP) is 4.99. The Kier molecular flexibility index (Phi) is 5.49. The summed E-state index contributed by atoms with van der Waals surface area (Å²) in [5.74, 6) is 0.497. The highest BCUT2D eigenvalue weighted by atomic mass is 32.1. The predicted molar refractivity (Wildman–Crippen MR) is 116 cm³/mol. The number of nitrogens with zero attached hydrogens (tertiary/aromatic N) is 2. The Balaban J connectivity index is 1.73. The van der Waals surface area contributed by atoms with Gasteiger partial charge in [0.2, 0.25) is 0 Å². The molecule has 0 bridgehead atoms. The number of thiophene rings is 1. The molecule has 0 atom stereocenters. The SMILES string of the molecule is COc1ccccc1CN(Cc1cccs1)C(=O)c1c[nH]c2ccc([N+](=O)[O-])cc12. The number of aromatic amines is 1. The van der Waals surface area contributed by atoms with E-state index in [9.17, 15) is 14.9 Å². The normalized spacial score (nSPS) is 10.8. The summed E-state index contributed by atoms with van der Waals surface area (Å²) in [6.45, 7) is 0.776. The maximum Gasteiger partial charge on any atom is 0.270 e. The molecule has 152 valence electrons. The number of nitro benzene ring substituents is 1. The smallest absolute Gasteiger partial charge is 0.270 e. The maximum absolute atomic E-state index is 13.5. The number of ether oxygens (including phenoxy) is 1. The van der Waals surface area contributed by atoms with Crippen molar-refractivity contribution in [1.29, 1.82) is 0 Å². The molecule has 4 aromatic rings. The van der Waals surface area contributed by atoms with Crippen LogP contribution >= 0.6 is 11.3 Å². The standard InChI is InChI=1S/C22H19N3O4S/c1-29-21-7-3-2-5-15(21)13-24(14-17-6-4-10-30-17)22(26)19-12-23-20-9-8-16(25(27)28)11-18(19)20/h2-12,23H,13-14H2,1H3. The number of aromatic nitrogens is 1. The second kappa shape index (κ2) is 8.38. The highest BCUT2D eigenvalue weighted by Crippen LogP contribution is 2.27. The number of nitrogens with one attached hydrogen (secondary N) is 1. The first-order chi connectivity index (χ1) is 14.6. The molecular formula is C22H19N3O4S. The number of carbonyl (C=O) groups is 1. The Bertz CT molecular complexity index is 1200. The number of carbonyl (C=O) groups excluding carboxylic acids is 1. The molecule has 7 nitrogen and oxygen atoms in total. The molecule has 1 amide bonds. The summed E-state index contributed by atoms with van der Waals surface area (Å²) in [6.07, 6.45) is 1.61. The summed E-state index contributed by atoms with van der Waals surface area (Å²) in [5, 5.41) is 13.7. The van der Waals surface area contributed by atoms with Crippen molar-refractivity contribution in [1.82, 2.24) is 9.88 Å². The first-order valence-corrected chi connectivity index (χ1v) is 10.1. The van der Waals surface area contributed by atoms with Gasteiger partial charge in [0.25, 0.3) is 11.6 Å². The highest BCUT2D eigenvalue weighted by Gasteiger charge is 2.22. The number of amides is 1. The van der Waals surface area contributed by atoms with Crippen LogP contribution in [0.1, 0.15) is 20.8 Å². The monoisotopic (exact) mass is 421 g/mol. The lowest BCUT2D eigenvalue weighted by atomic mass is 10.1. The zero-order valence-corrected chi connectivity index (χ0v) is 17.0. The molecule has 0 unspecified atom stereocenters. The van der Waals surface area contributed by atoms with Gasteiger partial charge in [-0.2, -0.15) is 0 Å². The maximum atomic E-state index is 13.5. The Morgan fingerprint density at radius 2 is 2.00 bits per heavy atom. The van der Waals surface area contributed by atoms with Crippen molar-refractivity contribution in [2.75, 3.05) is 7.11 Å². The van der Waals surface area contributed by atoms with Gasteiger partial charge in [0.1, 0.15) is 5.75 Å². The summed E-state index contributed by atoms with van der Waals surface area (Å²) >= 11 is 1.57. The first kappa shape index (κ1) is 19.7. The number of fused-ring (bicyclic) bond motifs is 1. The number of H-pyrrole nitrogens is 1. The molecule has 30 heavy (non-hydrogen) atoms. The van der Waals surface area contributed by atoms with Gasteiger partial charge in [-0.25, -0.2) is 0 Å². The molecular weight excluding hydrogens is 402 g/mol. The summed E-state index contributed by atoms with van der Waals surface area (Å²) in [5.41, 5.74) is 1.92. The van der Waals surface area contributed by atoms with Gasteiger partial charge < -0.3 is 14.6 Å². The van der Waals surface area contributed by atoms with Crippen LogP contribution in [0.5, 0.6) is 5.75 Å². The number of methoxy groups -OCH3 is 1. The molecule has 0 radical (unpaired) electrons. The number of benzene rings is 2. The Morgan fingerprint density at radius 1 is 1.17 bits per heavy atom. The van der Waals surface area contributed by atoms with Crippen LogP contribution in [0.4, 0.5) is 5.69 Å². The molecule has 2 aromatic heterocycles. The minimum atomic E-state index is -0.459. The highest BCUT2D eigenvalue weighted by molar-refractivity contribution is 7.09. The molecule has 0 saturated carbocycles. The number of hydrogen-bond donors (Lipinski definition) is 1. The number of non-ortho nitro benzene ring substituents is 1. The van der Waals surface area contributed by atoms with Gasteiger partial charge in [0.05, 0.1) is 30.7 Å². The number of hydrogen-bond acceptors (Lipinski definition) is 5. The fourth-order valence-corrected chi connectivity index (χ4v) is 4.12. The summed E-state index contributed by atoms with van der Waals surface area (Å²) in [4.78, 5) is 30.1. The molecule has 2 heterocycles. The zero-order valence-electron chi connectivity index (χ0n) is 16.2. The van der Waals surface area contributed by atoms with Gasteiger partial charge >= 0.3 is 0 Å². The van der Waals surface area contributed by atoms with E-state index in [1.807, 2.05) is 41.8 Å². The minimum absolute atomic E-state index is 0.0503. The second-order valence-corrected chi connectivity index (χ2v) is 7.77. The fourth-order valence-electron chi connectivity index (χ4n) is 3.40. The molecule has 0 saturated heterocycles. The molecule has 4 rings (SSSR count). The van der Waals surface area contributed by atoms with Crippen molar-refractivity contribution in [3.05, 3.63) is 92.3 Å². The number of para-hydroxylation sites is 1. The third-order valence-electron chi connectivity index (χ3n) is 4.87. The van der Waals surface area contributed by atoms with Crippen LogP contribution in [-0.4, -0.2) is 27.8 Å². The summed E-state index contributed by atoms with van der Waals surface area (Å²) < 4.78 is 5.45. The lowest BCUT2D eigenvalue weighted by molar-refractivity contribution is -0.384. The van der Waals surface area contributed by atoms with E-state index in [1.165, 1.54) is 12.1 Å². The van der Waals surface area contributed by atoms with Crippen molar-refractivity contribution >= 4 is 33.8 Å². The van der Waals surface area contributed by atoms with E-state index >= 15 is 0 Å². The van der Waals surface area contributed by atoms with Gasteiger partial charge in [-0.15, -0.1) is 11.3 Å². The molecule has 0 spiro atoms. The lowest BCUT2D eigenvalue weighted by Crippen LogP contribution is -2.30. The van der Waals surface area contributed by atoms with Crippen LogP contribution in [-0.2, 0) is 13.1 Å².